The number of cyclic esters (lactones) is 1. The summed E-state index contributed by atoms with van der Waals surface area (Å²) in [6.45, 7) is 8.71. The van der Waals surface area contributed by atoms with Gasteiger partial charge in [-0.15, -0.1) is 0 Å². The monoisotopic (exact) mass is 526 g/mol. The summed E-state index contributed by atoms with van der Waals surface area (Å²) in [5.74, 6) is 0.344. The van der Waals surface area contributed by atoms with E-state index in [0.29, 0.717) is 18.8 Å². The molecule has 1 aliphatic carbocycles. The second-order valence-electron chi connectivity index (χ2n) is 9.77. The van der Waals surface area contributed by atoms with Crippen LogP contribution in [0.5, 0.6) is 5.75 Å². The van der Waals surface area contributed by atoms with E-state index >= 15 is 0 Å². The van der Waals surface area contributed by atoms with Crippen molar-refractivity contribution in [2.24, 2.45) is 5.73 Å². The topological polar surface area (TPSA) is 102 Å². The number of rotatable bonds is 7. The quantitative estimate of drug-likeness (QED) is 0.394. The molecule has 2 aromatic carbocycles. The number of hydrogen-bond acceptors (Lipinski definition) is 6. The van der Waals surface area contributed by atoms with E-state index in [2.05, 4.69) is 40.5 Å². The zero-order valence-electron chi connectivity index (χ0n) is 21.8. The SMILES string of the molecule is C.C=CN1CCCCC1.CC(N)[C@H](Oc1ccc(C(=O)O)cc1)c1ccc(C2CC2)cc1.O=C1CCCO1.[HH]. The van der Waals surface area contributed by atoms with E-state index in [9.17, 15) is 9.59 Å². The van der Waals surface area contributed by atoms with Gasteiger partial charge >= 0.3 is 11.9 Å². The van der Waals surface area contributed by atoms with Crippen molar-refractivity contribution >= 4 is 11.9 Å². The molecule has 0 radical (unpaired) electrons. The summed E-state index contributed by atoms with van der Waals surface area (Å²) in [4.78, 5) is 23.2. The van der Waals surface area contributed by atoms with E-state index in [1.54, 1.807) is 12.1 Å². The van der Waals surface area contributed by atoms with Crippen LogP contribution >= 0.6 is 0 Å². The first-order valence-electron chi connectivity index (χ1n) is 13.2. The van der Waals surface area contributed by atoms with Gasteiger partial charge in [-0.2, -0.15) is 0 Å². The zero-order valence-corrected chi connectivity index (χ0v) is 21.8. The van der Waals surface area contributed by atoms with Gasteiger partial charge in [-0.05, 0) is 93.0 Å². The number of aromatic carboxylic acids is 1. The van der Waals surface area contributed by atoms with E-state index in [-0.39, 0.29) is 32.5 Å². The van der Waals surface area contributed by atoms with Crippen LogP contribution in [0, 0.1) is 0 Å². The number of carboxylic acid groups (broad SMARTS) is 1. The first kappa shape index (κ1) is 30.9. The molecule has 0 aromatic heterocycles. The van der Waals surface area contributed by atoms with E-state index in [1.807, 2.05) is 13.1 Å². The maximum atomic E-state index is 10.9. The van der Waals surface area contributed by atoms with Crippen molar-refractivity contribution in [3.05, 3.63) is 78.0 Å². The van der Waals surface area contributed by atoms with Gasteiger partial charge in [0.2, 0.25) is 0 Å². The van der Waals surface area contributed by atoms with Crippen molar-refractivity contribution < 1.29 is 25.6 Å². The molecule has 2 heterocycles. The maximum Gasteiger partial charge on any atom is 0.335 e. The molecule has 2 atom stereocenters. The Balaban J connectivity index is 0.000000390. The molecule has 3 aliphatic rings. The highest BCUT2D eigenvalue weighted by molar-refractivity contribution is 5.87. The Morgan fingerprint density at radius 1 is 1.11 bits per heavy atom. The Morgan fingerprint density at radius 2 is 1.74 bits per heavy atom. The summed E-state index contributed by atoms with van der Waals surface area (Å²) in [7, 11) is 0. The zero-order chi connectivity index (χ0) is 26.6. The fourth-order valence-corrected chi connectivity index (χ4v) is 4.25. The Hall–Kier alpha value is -3.32. The van der Waals surface area contributed by atoms with Gasteiger partial charge in [-0.3, -0.25) is 4.79 Å². The highest BCUT2D eigenvalue weighted by Crippen LogP contribution is 2.40. The number of esters is 1. The summed E-state index contributed by atoms with van der Waals surface area (Å²) in [5.41, 5.74) is 8.74. The molecule has 7 heteroatoms. The largest absolute Gasteiger partial charge is 0.484 e. The number of carbonyl (C=O) groups excluding carboxylic acids is 1. The lowest BCUT2D eigenvalue weighted by Gasteiger charge is -2.23. The fourth-order valence-electron chi connectivity index (χ4n) is 4.25. The van der Waals surface area contributed by atoms with Crippen LogP contribution in [0.1, 0.15) is 94.2 Å². The Morgan fingerprint density at radius 3 is 2.13 bits per heavy atom. The highest BCUT2D eigenvalue weighted by Gasteiger charge is 2.24. The lowest BCUT2D eigenvalue weighted by molar-refractivity contribution is -0.137. The molecule has 5 rings (SSSR count). The number of nitrogens with zero attached hydrogens (tertiary/aromatic N) is 1. The van der Waals surface area contributed by atoms with Crippen molar-refractivity contribution in [2.45, 2.75) is 77.4 Å². The highest BCUT2D eigenvalue weighted by atomic mass is 16.5. The molecular weight excluding hydrogens is 480 g/mol. The third kappa shape index (κ3) is 10.2. The van der Waals surface area contributed by atoms with Crippen molar-refractivity contribution in [1.82, 2.24) is 4.90 Å². The molecule has 210 valence electrons. The number of hydrogen-bond donors (Lipinski definition) is 2. The molecule has 0 spiro atoms. The second kappa shape index (κ2) is 15.8. The number of benzene rings is 2. The van der Waals surface area contributed by atoms with Gasteiger partial charge in [0.25, 0.3) is 0 Å². The molecule has 1 saturated carbocycles. The molecule has 2 saturated heterocycles. The Bertz CT molecular complexity index is 993. The average Bonchev–Trinajstić information content (AvgIpc) is 3.67. The van der Waals surface area contributed by atoms with Gasteiger partial charge in [-0.1, -0.05) is 38.3 Å². The minimum atomic E-state index is -0.948. The molecule has 0 amide bonds. The summed E-state index contributed by atoms with van der Waals surface area (Å²) >= 11 is 0. The van der Waals surface area contributed by atoms with Crippen molar-refractivity contribution in [2.75, 3.05) is 19.7 Å². The Kier molecular flexibility index (Phi) is 12.9. The van der Waals surface area contributed by atoms with Gasteiger partial charge in [-0.25, -0.2) is 4.79 Å². The van der Waals surface area contributed by atoms with E-state index in [0.717, 1.165) is 17.9 Å². The van der Waals surface area contributed by atoms with Crippen LogP contribution in [-0.2, 0) is 9.53 Å². The normalized spacial score (nSPS) is 17.7. The summed E-state index contributed by atoms with van der Waals surface area (Å²) in [6, 6.07) is 14.7. The number of piperidine rings is 1. The molecule has 3 fully saturated rings. The molecule has 2 aromatic rings. The molecule has 3 N–H and O–H groups in total. The summed E-state index contributed by atoms with van der Waals surface area (Å²) in [5, 5.41) is 8.94. The van der Waals surface area contributed by atoms with Crippen LogP contribution in [-0.4, -0.2) is 47.7 Å². The predicted molar refractivity (Wildman–Crippen MR) is 153 cm³/mol. The van der Waals surface area contributed by atoms with Gasteiger partial charge < -0.3 is 25.2 Å². The number of nitrogens with two attached hydrogens (primary N) is 1. The first-order chi connectivity index (χ1) is 17.9. The van der Waals surface area contributed by atoms with Crippen LogP contribution in [0.25, 0.3) is 0 Å². The third-order valence-electron chi connectivity index (χ3n) is 6.59. The average molecular weight is 527 g/mol. The second-order valence-corrected chi connectivity index (χ2v) is 9.77. The van der Waals surface area contributed by atoms with E-state index in [1.165, 1.54) is 62.9 Å². The third-order valence-corrected chi connectivity index (χ3v) is 6.59. The molecule has 1 unspecified atom stereocenters. The lowest BCUT2D eigenvalue weighted by Crippen LogP contribution is -2.29. The minimum Gasteiger partial charge on any atom is -0.484 e. The van der Waals surface area contributed by atoms with Crippen molar-refractivity contribution in [1.29, 1.82) is 0 Å². The smallest absolute Gasteiger partial charge is 0.335 e. The van der Waals surface area contributed by atoms with Gasteiger partial charge in [0.05, 0.1) is 12.2 Å². The predicted octanol–water partition coefficient (Wildman–Crippen LogP) is 6.55. The van der Waals surface area contributed by atoms with Crippen molar-refractivity contribution in [3.63, 3.8) is 0 Å². The van der Waals surface area contributed by atoms with Crippen LogP contribution in [0.2, 0.25) is 0 Å². The van der Waals surface area contributed by atoms with E-state index in [4.69, 9.17) is 15.6 Å². The molecule has 2 aliphatic heterocycles. The van der Waals surface area contributed by atoms with Gasteiger partial charge in [0.15, 0.2) is 0 Å². The lowest BCUT2D eigenvalue weighted by atomic mass is 10.0. The molecule has 7 nitrogen and oxygen atoms in total. The van der Waals surface area contributed by atoms with Crippen LogP contribution in [0.15, 0.2) is 61.3 Å². The number of likely N-dealkylation sites (tertiary alicyclic amines) is 1. The maximum absolute atomic E-state index is 10.9. The van der Waals surface area contributed by atoms with Gasteiger partial charge in [0.1, 0.15) is 11.9 Å². The van der Waals surface area contributed by atoms with E-state index < -0.39 is 5.97 Å². The van der Waals surface area contributed by atoms with Crippen molar-refractivity contribution in [3.8, 4) is 5.75 Å². The van der Waals surface area contributed by atoms with Crippen LogP contribution in [0.4, 0.5) is 0 Å². The van der Waals surface area contributed by atoms with Crippen LogP contribution < -0.4 is 10.5 Å². The summed E-state index contributed by atoms with van der Waals surface area (Å²) in [6.07, 6.45) is 9.89. The first-order valence-corrected chi connectivity index (χ1v) is 13.2. The molecule has 0 bridgehead atoms. The fraction of sp³-hybridized carbons (Fsp3) is 0.484. The molecular formula is C31H46N2O5. The minimum absolute atomic E-state index is 0. The number of carboxylic acids is 1. The standard InChI is InChI=1S/C19H21NO3.C7H13N.C4H6O2.CH4.H2/c1-12(20)18(15-6-4-14(5-7-15)13-2-3-13)23-17-10-8-16(9-11-17)19(21)22;1-2-8-6-4-3-5-7-8;5-4-2-1-3-6-4;;/h4-13,18H,2-3,20H2,1H3,(H,21,22);2H,1,3-7H2;1-3H2;1H4;1H/t12?,18-;;;;/m0..../s1. The summed E-state index contributed by atoms with van der Waals surface area (Å²) < 4.78 is 10.5. The molecule has 38 heavy (non-hydrogen) atoms. The Labute approximate surface area is 229 Å². The number of ether oxygens (including phenoxy) is 2. The van der Waals surface area contributed by atoms with Crippen LogP contribution in [0.3, 0.4) is 0 Å². The van der Waals surface area contributed by atoms with Gasteiger partial charge in [0, 0.05) is 27.0 Å². The number of carbonyl (C=O) groups is 2.